The van der Waals surface area contributed by atoms with Gasteiger partial charge in [-0.2, -0.15) is 0 Å². The van der Waals surface area contributed by atoms with E-state index in [1.165, 1.54) is 7.05 Å². The zero-order valence-corrected chi connectivity index (χ0v) is 19.9. The molecule has 11 nitrogen and oxygen atoms in total. The van der Waals surface area contributed by atoms with Gasteiger partial charge in [-0.3, -0.25) is 14.6 Å². The molecule has 0 fully saturated rings. The first-order valence-electron chi connectivity index (χ1n) is 11.6. The van der Waals surface area contributed by atoms with Crippen LogP contribution < -0.4 is 16.4 Å². The van der Waals surface area contributed by atoms with Crippen LogP contribution in [0.2, 0.25) is 0 Å². The van der Waals surface area contributed by atoms with Gasteiger partial charge in [-0.1, -0.05) is 12.8 Å². The van der Waals surface area contributed by atoms with Gasteiger partial charge in [-0.25, -0.2) is 0 Å². The molecule has 9 N–H and O–H groups in total. The number of aliphatic hydroxyl groups excluding tert-OH is 4. The van der Waals surface area contributed by atoms with Gasteiger partial charge in [-0.15, -0.1) is 0 Å². The topological polar surface area (TPSA) is 201 Å². The van der Waals surface area contributed by atoms with E-state index in [4.69, 9.17) is 11.1 Å². The third-order valence-corrected chi connectivity index (χ3v) is 5.33. The molecule has 33 heavy (non-hydrogen) atoms. The van der Waals surface area contributed by atoms with E-state index in [1.807, 2.05) is 12.4 Å². The van der Waals surface area contributed by atoms with Gasteiger partial charge in [0.25, 0.3) is 11.7 Å². The van der Waals surface area contributed by atoms with Gasteiger partial charge >= 0.3 is 0 Å². The molecule has 0 spiro atoms. The van der Waals surface area contributed by atoms with E-state index in [1.54, 1.807) is 0 Å². The molecule has 0 aromatic carbocycles. The third-order valence-electron chi connectivity index (χ3n) is 5.33. The zero-order valence-electron chi connectivity index (χ0n) is 19.9. The fourth-order valence-electron chi connectivity index (χ4n) is 3.20. The molecule has 0 aromatic rings. The molecule has 0 radical (unpaired) electrons. The first-order chi connectivity index (χ1) is 15.6. The quantitative estimate of drug-likeness (QED) is 0.0488. The number of amidine groups is 1. The molecule has 0 heterocycles. The Hall–Kier alpha value is -1.92. The molecule has 0 saturated carbocycles. The number of rotatable bonds is 20. The van der Waals surface area contributed by atoms with Crippen LogP contribution in [0.1, 0.15) is 64.2 Å². The Labute approximate surface area is 196 Å². The van der Waals surface area contributed by atoms with Gasteiger partial charge < -0.3 is 42.2 Å². The lowest BCUT2D eigenvalue weighted by atomic mass is 9.97. The van der Waals surface area contributed by atoms with Crippen LogP contribution >= 0.6 is 0 Å². The van der Waals surface area contributed by atoms with Gasteiger partial charge in [0.1, 0.15) is 12.2 Å². The van der Waals surface area contributed by atoms with Crippen LogP contribution in [0.4, 0.5) is 0 Å². The minimum atomic E-state index is -2.13. The van der Waals surface area contributed by atoms with E-state index in [9.17, 15) is 30.0 Å². The van der Waals surface area contributed by atoms with Crippen LogP contribution in [-0.2, 0) is 9.59 Å². The van der Waals surface area contributed by atoms with E-state index < -0.39 is 36.1 Å². The molecule has 4 atom stereocenters. The second-order valence-electron chi connectivity index (χ2n) is 8.18. The minimum Gasteiger partial charge on any atom is -0.390 e. The smallest absolute Gasteiger partial charge is 0.290 e. The summed E-state index contributed by atoms with van der Waals surface area (Å²) in [6.07, 6.45) is 0.447. The average Bonchev–Trinajstić information content (AvgIpc) is 2.81. The number of nitrogens with one attached hydrogen (secondary N) is 3. The fourth-order valence-corrected chi connectivity index (χ4v) is 3.20. The molecule has 0 aliphatic heterocycles. The highest BCUT2D eigenvalue weighted by Gasteiger charge is 2.36. The number of hydrogen-bond donors (Lipinski definition) is 8. The second-order valence-corrected chi connectivity index (χ2v) is 8.18. The molecule has 0 saturated heterocycles. The number of hydrogen-bond acceptors (Lipinski definition) is 9. The number of aliphatic hydroxyl groups is 4. The molecule has 0 aromatic heterocycles. The molecule has 0 aliphatic rings. The van der Waals surface area contributed by atoms with Crippen molar-refractivity contribution in [3.8, 4) is 0 Å². The van der Waals surface area contributed by atoms with Crippen molar-refractivity contribution in [3.63, 3.8) is 0 Å². The van der Waals surface area contributed by atoms with Gasteiger partial charge in [-0.05, 0) is 58.5 Å². The molecule has 0 rings (SSSR count). The SMILES string of the molecule is CNCCCC(=N)CCCCCCC(N)=NCCC[C@@H](O)[C@H](O)[C@H](O)[C@@H](O)C(=O)C(=O)NC. The lowest BCUT2D eigenvalue weighted by Crippen LogP contribution is -2.50. The van der Waals surface area contributed by atoms with E-state index in [0.29, 0.717) is 25.2 Å². The number of carbonyl (C=O) groups excluding carboxylic acids is 2. The number of nitrogens with zero attached hydrogens (tertiary/aromatic N) is 1. The summed E-state index contributed by atoms with van der Waals surface area (Å²) in [6.45, 7) is 1.26. The second kappa shape index (κ2) is 18.5. The van der Waals surface area contributed by atoms with Crippen molar-refractivity contribution in [1.29, 1.82) is 5.41 Å². The molecule has 11 heteroatoms. The lowest BCUT2D eigenvalue weighted by molar-refractivity contribution is -0.153. The zero-order chi connectivity index (χ0) is 25.2. The van der Waals surface area contributed by atoms with Crippen LogP contribution in [0.25, 0.3) is 0 Å². The van der Waals surface area contributed by atoms with Gasteiger partial charge in [0, 0.05) is 25.7 Å². The number of Topliss-reactive ketones (excluding diaryl/α,β-unsaturated/α-hetero) is 1. The van der Waals surface area contributed by atoms with Crippen LogP contribution in [-0.4, -0.2) is 95.3 Å². The van der Waals surface area contributed by atoms with Crippen molar-refractivity contribution in [2.75, 3.05) is 27.2 Å². The Bertz CT molecular complexity index is 616. The van der Waals surface area contributed by atoms with Crippen LogP contribution in [0.3, 0.4) is 0 Å². The van der Waals surface area contributed by atoms with Crippen LogP contribution in [0, 0.1) is 5.41 Å². The number of nitrogens with two attached hydrogens (primary N) is 1. The van der Waals surface area contributed by atoms with Gasteiger partial charge in [0.05, 0.1) is 11.9 Å². The van der Waals surface area contributed by atoms with E-state index >= 15 is 0 Å². The summed E-state index contributed by atoms with van der Waals surface area (Å²) in [5.74, 6) is -1.89. The normalized spacial score (nSPS) is 15.5. The van der Waals surface area contributed by atoms with E-state index in [-0.39, 0.29) is 6.42 Å². The first kappa shape index (κ1) is 31.1. The summed E-state index contributed by atoms with van der Waals surface area (Å²) in [7, 11) is 3.10. The molecule has 0 aliphatic carbocycles. The van der Waals surface area contributed by atoms with Gasteiger partial charge in [0.15, 0.2) is 6.10 Å². The first-order valence-corrected chi connectivity index (χ1v) is 11.6. The monoisotopic (exact) mass is 473 g/mol. The Morgan fingerprint density at radius 2 is 1.52 bits per heavy atom. The lowest BCUT2D eigenvalue weighted by Gasteiger charge is -2.25. The fraction of sp³-hybridized carbons (Fsp3) is 0.818. The predicted molar refractivity (Wildman–Crippen MR) is 127 cm³/mol. The summed E-state index contributed by atoms with van der Waals surface area (Å²) in [4.78, 5) is 27.0. The highest BCUT2D eigenvalue weighted by molar-refractivity contribution is 6.37. The summed E-state index contributed by atoms with van der Waals surface area (Å²) >= 11 is 0. The summed E-state index contributed by atoms with van der Waals surface area (Å²) in [5, 5.41) is 52.4. The Kier molecular flexibility index (Phi) is 17.4. The van der Waals surface area contributed by atoms with Crippen molar-refractivity contribution < 1.29 is 30.0 Å². The van der Waals surface area contributed by atoms with E-state index in [0.717, 1.165) is 57.2 Å². The standard InChI is InChI=1S/C22H43N5O6/c1-25-13-7-10-15(23)9-5-3-4-6-12-17(24)27-14-8-11-16(28)18(29)19(30)20(31)21(32)22(33)26-2/h16,18-20,23,25,28-31H,3-14H2,1-2H3,(H2,24,27)(H,26,33)/t16-,18+,19+,20-/m1/s1. The Balaban J connectivity index is 4.01. The van der Waals surface area contributed by atoms with Crippen LogP contribution in [0.5, 0.6) is 0 Å². The summed E-state index contributed by atoms with van der Waals surface area (Å²) in [6, 6.07) is 0. The molecule has 0 bridgehead atoms. The van der Waals surface area contributed by atoms with Crippen LogP contribution in [0.15, 0.2) is 4.99 Å². The van der Waals surface area contributed by atoms with Crippen molar-refractivity contribution in [1.82, 2.24) is 10.6 Å². The van der Waals surface area contributed by atoms with Crippen molar-refractivity contribution in [2.45, 2.75) is 88.6 Å². The Morgan fingerprint density at radius 3 is 2.12 bits per heavy atom. The molecule has 1 amide bonds. The maximum Gasteiger partial charge on any atom is 0.290 e. The maximum absolute atomic E-state index is 11.5. The number of amides is 1. The summed E-state index contributed by atoms with van der Waals surface area (Å²) < 4.78 is 0. The molecule has 192 valence electrons. The number of aliphatic imine (C=N–C) groups is 1. The summed E-state index contributed by atoms with van der Waals surface area (Å²) in [5.41, 5.74) is 6.70. The maximum atomic E-state index is 11.5. The average molecular weight is 474 g/mol. The minimum absolute atomic E-state index is 0.0656. The number of unbranched alkanes of at least 4 members (excludes halogenated alkanes) is 3. The number of likely N-dealkylation sites (N-methyl/N-ethyl adjacent to an activating group) is 1. The Morgan fingerprint density at radius 1 is 0.909 bits per heavy atom. The van der Waals surface area contributed by atoms with E-state index in [2.05, 4.69) is 10.3 Å². The van der Waals surface area contributed by atoms with Crippen molar-refractivity contribution in [2.24, 2.45) is 10.7 Å². The van der Waals surface area contributed by atoms with Gasteiger partial charge in [0.2, 0.25) is 0 Å². The highest BCUT2D eigenvalue weighted by Crippen LogP contribution is 2.11. The number of ketones is 1. The third kappa shape index (κ3) is 14.1. The predicted octanol–water partition coefficient (Wildman–Crippen LogP) is -0.758. The van der Waals surface area contributed by atoms with Crippen molar-refractivity contribution in [3.05, 3.63) is 0 Å². The molecular formula is C22H43N5O6. The molecular weight excluding hydrogens is 430 g/mol. The van der Waals surface area contributed by atoms with Crippen molar-refractivity contribution >= 4 is 23.2 Å². The highest BCUT2D eigenvalue weighted by atomic mass is 16.4. The molecule has 0 unspecified atom stereocenters. The number of carbonyl (C=O) groups is 2. The largest absolute Gasteiger partial charge is 0.390 e.